The highest BCUT2D eigenvalue weighted by Gasteiger charge is 2.86. The molecule has 10 atom stereocenters. The van der Waals surface area contributed by atoms with Gasteiger partial charge in [0.1, 0.15) is 24.4 Å². The molecule has 10 nitrogen and oxygen atoms in total. The second-order valence-corrected chi connectivity index (χ2v) is 11.8. The van der Waals surface area contributed by atoms with Crippen LogP contribution in [-0.2, 0) is 42.8 Å². The summed E-state index contributed by atoms with van der Waals surface area (Å²) in [6.45, 7) is 6.30. The highest BCUT2D eigenvalue weighted by molar-refractivity contribution is 5.84. The van der Waals surface area contributed by atoms with Crippen molar-refractivity contribution in [3.8, 4) is 0 Å². The number of carbonyl (C=O) groups excluding carboxylic acids is 3. The second-order valence-electron chi connectivity index (χ2n) is 11.8. The van der Waals surface area contributed by atoms with Gasteiger partial charge in [-0.1, -0.05) is 26.0 Å². The van der Waals surface area contributed by atoms with Crippen LogP contribution in [0.2, 0.25) is 0 Å². The van der Waals surface area contributed by atoms with Crippen LogP contribution in [0.3, 0.4) is 0 Å². The van der Waals surface area contributed by atoms with Crippen LogP contribution in [0.1, 0.15) is 46.5 Å². The minimum Gasteiger partial charge on any atom is -0.463 e. The molecule has 0 aromatic rings. The third-order valence-corrected chi connectivity index (χ3v) is 10.0. The number of aliphatic hydroxyl groups excluding tert-OH is 1. The molecule has 0 aromatic heterocycles. The molecule has 6 rings (SSSR count). The molecule has 37 heavy (non-hydrogen) atoms. The number of hydrogen-bond donors (Lipinski definition) is 1. The number of fused-ring (bicyclic) bond motifs is 2. The van der Waals surface area contributed by atoms with Crippen LogP contribution in [0.15, 0.2) is 24.3 Å². The van der Waals surface area contributed by atoms with E-state index in [1.807, 2.05) is 0 Å². The van der Waals surface area contributed by atoms with Gasteiger partial charge in [-0.15, -0.1) is 0 Å². The fourth-order valence-electron chi connectivity index (χ4n) is 7.36. The maximum atomic E-state index is 13.0. The Balaban J connectivity index is 1.37. The van der Waals surface area contributed by atoms with Gasteiger partial charge < -0.3 is 33.5 Å². The van der Waals surface area contributed by atoms with Crippen molar-refractivity contribution < 1.29 is 47.9 Å². The van der Waals surface area contributed by atoms with E-state index in [0.717, 1.165) is 6.42 Å². The SMILES string of the molecule is C[C@@H]1CCOC(=O)/C=C\C=C\C(=O)O[C@@H]2C[C@H]3O[C@H]4[C@H]5O[C@]5(C)CC[C@@]4(COC(=O)[C@@H]1O)[C@@]2(C)[C@@]31CO1. The molecular weight excluding hydrogens is 484 g/mol. The van der Waals surface area contributed by atoms with Crippen molar-refractivity contribution in [2.24, 2.45) is 16.7 Å². The Labute approximate surface area is 215 Å². The summed E-state index contributed by atoms with van der Waals surface area (Å²) in [6, 6.07) is 0. The van der Waals surface area contributed by atoms with Gasteiger partial charge in [-0.2, -0.15) is 0 Å². The maximum absolute atomic E-state index is 13.0. The Hall–Kier alpha value is -2.27. The molecule has 4 heterocycles. The van der Waals surface area contributed by atoms with Crippen molar-refractivity contribution in [2.45, 2.75) is 88.2 Å². The Morgan fingerprint density at radius 2 is 1.68 bits per heavy atom. The van der Waals surface area contributed by atoms with E-state index in [1.165, 1.54) is 24.3 Å². The minimum atomic E-state index is -1.38. The van der Waals surface area contributed by atoms with Crippen LogP contribution >= 0.6 is 0 Å². The smallest absolute Gasteiger partial charge is 0.335 e. The number of carbonyl (C=O) groups is 3. The zero-order chi connectivity index (χ0) is 26.2. The van der Waals surface area contributed by atoms with Gasteiger partial charge >= 0.3 is 17.9 Å². The van der Waals surface area contributed by atoms with Crippen LogP contribution < -0.4 is 0 Å². The Bertz CT molecular complexity index is 1060. The fraction of sp³-hybridized carbons (Fsp3) is 0.741. The maximum Gasteiger partial charge on any atom is 0.335 e. The largest absolute Gasteiger partial charge is 0.463 e. The van der Waals surface area contributed by atoms with Gasteiger partial charge in [0, 0.05) is 24.0 Å². The number of ether oxygens (including phenoxy) is 6. The first-order chi connectivity index (χ1) is 17.6. The molecule has 202 valence electrons. The lowest BCUT2D eigenvalue weighted by molar-refractivity contribution is -0.252. The second kappa shape index (κ2) is 8.36. The molecular formula is C27H34O10. The summed E-state index contributed by atoms with van der Waals surface area (Å²) in [5.74, 6) is -2.38. The average Bonchev–Trinajstić information content (AvgIpc) is 3.77. The molecule has 0 unspecified atom stereocenters. The van der Waals surface area contributed by atoms with Crippen LogP contribution in [-0.4, -0.2) is 84.6 Å². The predicted octanol–water partition coefficient (Wildman–Crippen LogP) is 1.38. The summed E-state index contributed by atoms with van der Waals surface area (Å²) >= 11 is 0. The van der Waals surface area contributed by atoms with Gasteiger partial charge in [-0.25, -0.2) is 14.4 Å². The van der Waals surface area contributed by atoms with E-state index in [-0.39, 0.29) is 43.5 Å². The lowest BCUT2D eigenvalue weighted by atomic mass is 9.50. The van der Waals surface area contributed by atoms with E-state index in [2.05, 4.69) is 13.8 Å². The minimum absolute atomic E-state index is 0.0217. The molecule has 2 spiro atoms. The molecule has 0 aromatic carbocycles. The van der Waals surface area contributed by atoms with Gasteiger partial charge in [-0.3, -0.25) is 0 Å². The zero-order valence-corrected chi connectivity index (χ0v) is 21.3. The van der Waals surface area contributed by atoms with E-state index in [1.54, 1.807) is 6.92 Å². The molecule has 2 bridgehead atoms. The zero-order valence-electron chi connectivity index (χ0n) is 21.3. The summed E-state index contributed by atoms with van der Waals surface area (Å²) in [5.41, 5.74) is -2.40. The fourth-order valence-corrected chi connectivity index (χ4v) is 7.36. The molecule has 0 amide bonds. The van der Waals surface area contributed by atoms with Gasteiger partial charge in [0.25, 0.3) is 0 Å². The van der Waals surface area contributed by atoms with E-state index in [4.69, 9.17) is 28.4 Å². The van der Waals surface area contributed by atoms with Crippen molar-refractivity contribution in [3.05, 3.63) is 24.3 Å². The molecule has 5 fully saturated rings. The van der Waals surface area contributed by atoms with Gasteiger partial charge in [0.05, 0.1) is 36.4 Å². The highest BCUT2D eigenvalue weighted by atomic mass is 16.7. The normalized spacial score (nSPS) is 52.9. The van der Waals surface area contributed by atoms with Crippen molar-refractivity contribution >= 4 is 17.9 Å². The van der Waals surface area contributed by atoms with Crippen molar-refractivity contribution in [3.63, 3.8) is 0 Å². The Kier molecular flexibility index (Phi) is 5.66. The summed E-state index contributed by atoms with van der Waals surface area (Å²) in [7, 11) is 0. The molecule has 0 radical (unpaired) electrons. The Morgan fingerprint density at radius 3 is 2.41 bits per heavy atom. The lowest BCUT2D eigenvalue weighted by Gasteiger charge is -2.58. The van der Waals surface area contributed by atoms with Crippen molar-refractivity contribution in [1.82, 2.24) is 0 Å². The lowest BCUT2D eigenvalue weighted by Crippen LogP contribution is -2.69. The number of cyclic esters (lactones) is 2. The quantitative estimate of drug-likeness (QED) is 0.285. The third kappa shape index (κ3) is 3.56. The van der Waals surface area contributed by atoms with Crippen LogP contribution in [0.4, 0.5) is 0 Å². The summed E-state index contributed by atoms with van der Waals surface area (Å²) in [6.07, 6.45) is 4.66. The number of rotatable bonds is 0. The van der Waals surface area contributed by atoms with Crippen LogP contribution in [0.25, 0.3) is 0 Å². The topological polar surface area (TPSA) is 133 Å². The molecule has 2 saturated carbocycles. The van der Waals surface area contributed by atoms with Crippen molar-refractivity contribution in [1.29, 1.82) is 0 Å². The Morgan fingerprint density at radius 1 is 0.946 bits per heavy atom. The van der Waals surface area contributed by atoms with Crippen LogP contribution in [0.5, 0.6) is 0 Å². The monoisotopic (exact) mass is 518 g/mol. The van der Waals surface area contributed by atoms with Crippen LogP contribution in [0, 0.1) is 16.7 Å². The third-order valence-electron chi connectivity index (χ3n) is 10.0. The standard InChI is InChI=1S/C27H34O10/c1-15-8-11-32-18(28)6-4-5-7-19(29)35-16-12-17-27(14-34-27)25(16,3)26(13-33-23(31)20(15)30)10-9-24(2)21(37-24)22(26)36-17/h4-7,15-17,20-22,30H,8-14H2,1-3H3/b6-4-,7-5+/t15-,16-,17-,20-,21-,22+,24-,25+,26+,27-/m1/s1. The highest BCUT2D eigenvalue weighted by Crippen LogP contribution is 2.75. The van der Waals surface area contributed by atoms with Gasteiger partial charge in [0.2, 0.25) is 0 Å². The average molecular weight is 519 g/mol. The van der Waals surface area contributed by atoms with E-state index >= 15 is 0 Å². The number of aliphatic hydroxyl groups is 1. The summed E-state index contributed by atoms with van der Waals surface area (Å²) in [4.78, 5) is 37.7. The molecule has 4 aliphatic heterocycles. The van der Waals surface area contributed by atoms with E-state index in [0.29, 0.717) is 19.4 Å². The molecule has 10 heteroatoms. The number of allylic oxidation sites excluding steroid dienone is 2. The van der Waals surface area contributed by atoms with Gasteiger partial charge in [-0.05, 0) is 32.1 Å². The van der Waals surface area contributed by atoms with E-state index < -0.39 is 52.5 Å². The van der Waals surface area contributed by atoms with E-state index in [9.17, 15) is 19.5 Å². The number of esters is 3. The first-order valence-corrected chi connectivity index (χ1v) is 13.1. The summed E-state index contributed by atoms with van der Waals surface area (Å²) in [5, 5.41) is 10.7. The molecule has 3 saturated heterocycles. The predicted molar refractivity (Wildman–Crippen MR) is 125 cm³/mol. The molecule has 2 aliphatic carbocycles. The molecule has 1 N–H and O–H groups in total. The number of hydrogen-bond acceptors (Lipinski definition) is 10. The van der Waals surface area contributed by atoms with Crippen molar-refractivity contribution in [2.75, 3.05) is 19.8 Å². The summed E-state index contributed by atoms with van der Waals surface area (Å²) < 4.78 is 35.9. The van der Waals surface area contributed by atoms with Gasteiger partial charge in [0.15, 0.2) is 6.10 Å². The number of epoxide rings is 2. The first-order valence-electron chi connectivity index (χ1n) is 13.1. The molecule has 6 aliphatic rings. The first kappa shape index (κ1) is 25.0.